The van der Waals surface area contributed by atoms with Gasteiger partial charge in [-0.15, -0.1) is 0 Å². The predicted molar refractivity (Wildman–Crippen MR) is 75.6 cm³/mol. The topological polar surface area (TPSA) is 50.1 Å². The molecule has 2 rings (SSSR count). The summed E-state index contributed by atoms with van der Waals surface area (Å²) < 4.78 is 15.1. The summed E-state index contributed by atoms with van der Waals surface area (Å²) in [6, 6.07) is 5.15. The van der Waals surface area contributed by atoms with E-state index in [4.69, 9.17) is 0 Å². The molecular formula is C15H20FN3O. The molecule has 0 aliphatic heterocycles. The van der Waals surface area contributed by atoms with Crippen LogP contribution in [0.25, 0.3) is 0 Å². The summed E-state index contributed by atoms with van der Waals surface area (Å²) in [5.41, 5.74) is 1.24. The molecule has 1 aromatic carbocycles. The molecule has 0 fully saturated rings. The Labute approximate surface area is 118 Å². The second-order valence-electron chi connectivity index (χ2n) is 5.36. The van der Waals surface area contributed by atoms with Crippen molar-refractivity contribution in [3.05, 3.63) is 53.1 Å². The SMILES string of the molecule is Cc1ccc(CNCC(C)(O)c2cnn(C)c2)cc1F. The lowest BCUT2D eigenvalue weighted by atomic mass is 9.99. The van der Waals surface area contributed by atoms with Gasteiger partial charge in [0.2, 0.25) is 0 Å². The summed E-state index contributed by atoms with van der Waals surface area (Å²) in [7, 11) is 1.81. The van der Waals surface area contributed by atoms with E-state index in [1.807, 2.05) is 13.1 Å². The highest BCUT2D eigenvalue weighted by Crippen LogP contribution is 2.18. The fourth-order valence-corrected chi connectivity index (χ4v) is 2.00. The van der Waals surface area contributed by atoms with Crippen LogP contribution in [-0.2, 0) is 19.2 Å². The molecule has 0 aliphatic carbocycles. The first-order valence-corrected chi connectivity index (χ1v) is 6.56. The average molecular weight is 277 g/mol. The average Bonchev–Trinajstić information content (AvgIpc) is 2.81. The summed E-state index contributed by atoms with van der Waals surface area (Å²) >= 11 is 0. The molecule has 2 aromatic rings. The Morgan fingerprint density at radius 3 is 2.80 bits per heavy atom. The number of aryl methyl sites for hydroxylation is 2. The number of aliphatic hydroxyl groups is 1. The van der Waals surface area contributed by atoms with Crippen LogP contribution in [0.4, 0.5) is 4.39 Å². The molecule has 1 heterocycles. The van der Waals surface area contributed by atoms with E-state index in [2.05, 4.69) is 10.4 Å². The van der Waals surface area contributed by atoms with Gasteiger partial charge in [0.25, 0.3) is 0 Å². The van der Waals surface area contributed by atoms with Gasteiger partial charge in [0.1, 0.15) is 11.4 Å². The second kappa shape index (κ2) is 5.73. The zero-order chi connectivity index (χ0) is 14.8. The monoisotopic (exact) mass is 277 g/mol. The molecule has 0 saturated carbocycles. The fraction of sp³-hybridized carbons (Fsp3) is 0.400. The van der Waals surface area contributed by atoms with Crippen LogP contribution in [0, 0.1) is 12.7 Å². The van der Waals surface area contributed by atoms with Crippen LogP contribution in [0.2, 0.25) is 0 Å². The van der Waals surface area contributed by atoms with Gasteiger partial charge in [-0.05, 0) is 31.0 Å². The number of rotatable bonds is 5. The van der Waals surface area contributed by atoms with Crippen LogP contribution in [0.5, 0.6) is 0 Å². The van der Waals surface area contributed by atoms with Crippen molar-refractivity contribution >= 4 is 0 Å². The minimum Gasteiger partial charge on any atom is -0.384 e. The molecular weight excluding hydrogens is 257 g/mol. The fourth-order valence-electron chi connectivity index (χ4n) is 2.00. The minimum atomic E-state index is -1.00. The Kier molecular flexibility index (Phi) is 4.20. The molecule has 0 bridgehead atoms. The zero-order valence-corrected chi connectivity index (χ0v) is 12.0. The first-order valence-electron chi connectivity index (χ1n) is 6.56. The van der Waals surface area contributed by atoms with Crippen molar-refractivity contribution in [3.63, 3.8) is 0 Å². The van der Waals surface area contributed by atoms with Crippen molar-refractivity contribution in [2.45, 2.75) is 26.0 Å². The van der Waals surface area contributed by atoms with Crippen LogP contribution in [0.3, 0.4) is 0 Å². The van der Waals surface area contributed by atoms with E-state index in [1.54, 1.807) is 37.0 Å². The molecule has 1 aromatic heterocycles. The first-order chi connectivity index (χ1) is 9.38. The highest BCUT2D eigenvalue weighted by Gasteiger charge is 2.24. The van der Waals surface area contributed by atoms with Crippen molar-refractivity contribution in [3.8, 4) is 0 Å². The van der Waals surface area contributed by atoms with E-state index >= 15 is 0 Å². The Morgan fingerprint density at radius 2 is 2.20 bits per heavy atom. The number of benzene rings is 1. The molecule has 5 heteroatoms. The van der Waals surface area contributed by atoms with E-state index in [1.165, 1.54) is 6.07 Å². The lowest BCUT2D eigenvalue weighted by molar-refractivity contribution is 0.0566. The van der Waals surface area contributed by atoms with Crippen molar-refractivity contribution in [2.24, 2.45) is 7.05 Å². The maximum atomic E-state index is 13.4. The third-order valence-electron chi connectivity index (χ3n) is 3.36. The minimum absolute atomic E-state index is 0.205. The van der Waals surface area contributed by atoms with Crippen LogP contribution in [0.15, 0.2) is 30.6 Å². The van der Waals surface area contributed by atoms with E-state index in [9.17, 15) is 9.50 Å². The van der Waals surface area contributed by atoms with Gasteiger partial charge in [-0.25, -0.2) is 4.39 Å². The van der Waals surface area contributed by atoms with Crippen LogP contribution >= 0.6 is 0 Å². The summed E-state index contributed by atoms with van der Waals surface area (Å²) in [4.78, 5) is 0. The van der Waals surface area contributed by atoms with E-state index < -0.39 is 5.60 Å². The standard InChI is InChI=1S/C15H20FN3O/c1-11-4-5-12(6-14(11)16)7-17-10-15(2,20)13-8-18-19(3)9-13/h4-6,8-9,17,20H,7,10H2,1-3H3. The third-order valence-corrected chi connectivity index (χ3v) is 3.36. The van der Waals surface area contributed by atoms with Crippen molar-refractivity contribution in [1.82, 2.24) is 15.1 Å². The van der Waals surface area contributed by atoms with Gasteiger partial charge in [0, 0.05) is 31.9 Å². The number of aromatic nitrogens is 2. The molecule has 0 radical (unpaired) electrons. The number of hydrogen-bond donors (Lipinski definition) is 2. The molecule has 4 nitrogen and oxygen atoms in total. The normalized spacial score (nSPS) is 14.2. The molecule has 20 heavy (non-hydrogen) atoms. The van der Waals surface area contributed by atoms with Gasteiger partial charge in [0.15, 0.2) is 0 Å². The van der Waals surface area contributed by atoms with Gasteiger partial charge in [-0.2, -0.15) is 5.10 Å². The predicted octanol–water partition coefficient (Wildman–Crippen LogP) is 1.86. The van der Waals surface area contributed by atoms with Crippen LogP contribution in [0.1, 0.15) is 23.6 Å². The lowest BCUT2D eigenvalue weighted by Gasteiger charge is -2.22. The van der Waals surface area contributed by atoms with Gasteiger partial charge < -0.3 is 10.4 Å². The first kappa shape index (κ1) is 14.7. The summed E-state index contributed by atoms with van der Waals surface area (Å²) in [6.45, 7) is 4.34. The number of nitrogens with zero attached hydrogens (tertiary/aromatic N) is 2. The zero-order valence-electron chi connectivity index (χ0n) is 12.0. The molecule has 1 unspecified atom stereocenters. The van der Waals surface area contributed by atoms with E-state index in [-0.39, 0.29) is 5.82 Å². The summed E-state index contributed by atoms with van der Waals surface area (Å²) in [6.07, 6.45) is 3.43. The smallest absolute Gasteiger partial charge is 0.126 e. The van der Waals surface area contributed by atoms with Crippen molar-refractivity contribution in [2.75, 3.05) is 6.54 Å². The number of nitrogens with one attached hydrogen (secondary N) is 1. The number of hydrogen-bond acceptors (Lipinski definition) is 3. The van der Waals surface area contributed by atoms with Crippen LogP contribution in [-0.4, -0.2) is 21.4 Å². The molecule has 108 valence electrons. The number of halogens is 1. The Bertz CT molecular complexity index is 593. The maximum absolute atomic E-state index is 13.4. The molecule has 0 aliphatic rings. The quantitative estimate of drug-likeness (QED) is 0.877. The maximum Gasteiger partial charge on any atom is 0.126 e. The highest BCUT2D eigenvalue weighted by atomic mass is 19.1. The van der Waals surface area contributed by atoms with Gasteiger partial charge in [-0.3, -0.25) is 4.68 Å². The Morgan fingerprint density at radius 1 is 1.45 bits per heavy atom. The van der Waals surface area contributed by atoms with Crippen LogP contribution < -0.4 is 5.32 Å². The third kappa shape index (κ3) is 3.43. The Balaban J connectivity index is 1.93. The van der Waals surface area contributed by atoms with Crippen molar-refractivity contribution < 1.29 is 9.50 Å². The highest BCUT2D eigenvalue weighted by molar-refractivity contribution is 5.23. The summed E-state index contributed by atoms with van der Waals surface area (Å²) in [5.74, 6) is -0.205. The molecule has 0 saturated heterocycles. The van der Waals surface area contributed by atoms with E-state index in [0.29, 0.717) is 18.7 Å². The van der Waals surface area contributed by atoms with Gasteiger partial charge in [-0.1, -0.05) is 12.1 Å². The molecule has 1 atom stereocenters. The molecule has 0 amide bonds. The summed E-state index contributed by atoms with van der Waals surface area (Å²) in [5, 5.41) is 17.6. The van der Waals surface area contributed by atoms with Gasteiger partial charge in [0.05, 0.1) is 6.20 Å². The van der Waals surface area contributed by atoms with E-state index in [0.717, 1.165) is 11.1 Å². The lowest BCUT2D eigenvalue weighted by Crippen LogP contribution is -2.34. The second-order valence-corrected chi connectivity index (χ2v) is 5.36. The largest absolute Gasteiger partial charge is 0.384 e. The molecule has 0 spiro atoms. The van der Waals surface area contributed by atoms with Gasteiger partial charge >= 0.3 is 0 Å². The Hall–Kier alpha value is -1.72. The molecule has 2 N–H and O–H groups in total. The van der Waals surface area contributed by atoms with Crippen molar-refractivity contribution in [1.29, 1.82) is 0 Å².